The summed E-state index contributed by atoms with van der Waals surface area (Å²) in [6.07, 6.45) is 3.09. The number of sulfonamides is 1. The molecule has 1 aliphatic rings. The van der Waals surface area contributed by atoms with E-state index in [1.165, 1.54) is 33.5 Å². The number of nitro benzene ring substituents is 1. The standard InChI is InChI=1S/C19H18ClN3O5S/c20-16-8-5-15(6-9-16)7-10-19(24)21-11-13-22(14-12-21)29(27,28)18-4-2-1-3-17(18)23(25)26/h1-10H,11-14H2/b10-7+. The molecule has 2 aromatic carbocycles. The maximum absolute atomic E-state index is 12.8. The van der Waals surface area contributed by atoms with Gasteiger partial charge in [0.25, 0.3) is 5.69 Å². The highest BCUT2D eigenvalue weighted by molar-refractivity contribution is 7.89. The molecule has 8 nitrogen and oxygen atoms in total. The van der Waals surface area contributed by atoms with Crippen molar-refractivity contribution in [2.24, 2.45) is 0 Å². The molecule has 1 aliphatic heterocycles. The van der Waals surface area contributed by atoms with E-state index in [-0.39, 0.29) is 37.0 Å². The van der Waals surface area contributed by atoms with E-state index in [1.54, 1.807) is 30.3 Å². The summed E-state index contributed by atoms with van der Waals surface area (Å²) >= 11 is 5.83. The van der Waals surface area contributed by atoms with Crippen LogP contribution in [-0.4, -0.2) is 54.6 Å². The second-order valence-corrected chi connectivity index (χ2v) is 8.68. The molecule has 10 heteroatoms. The average Bonchev–Trinajstić information content (AvgIpc) is 2.73. The van der Waals surface area contributed by atoms with Gasteiger partial charge in [0, 0.05) is 43.3 Å². The van der Waals surface area contributed by atoms with Crippen LogP contribution in [0.5, 0.6) is 0 Å². The van der Waals surface area contributed by atoms with Crippen molar-refractivity contribution in [3.8, 4) is 0 Å². The van der Waals surface area contributed by atoms with Crippen LogP contribution in [0.4, 0.5) is 5.69 Å². The summed E-state index contributed by atoms with van der Waals surface area (Å²) in [7, 11) is -4.02. The van der Waals surface area contributed by atoms with E-state index in [0.29, 0.717) is 5.02 Å². The predicted octanol–water partition coefficient (Wildman–Crippen LogP) is 2.79. The van der Waals surface area contributed by atoms with Gasteiger partial charge in [0.05, 0.1) is 4.92 Å². The van der Waals surface area contributed by atoms with Crippen LogP contribution >= 0.6 is 11.6 Å². The van der Waals surface area contributed by atoms with Gasteiger partial charge in [0.15, 0.2) is 4.90 Å². The summed E-state index contributed by atoms with van der Waals surface area (Å²) in [6.45, 7) is 0.525. The summed E-state index contributed by atoms with van der Waals surface area (Å²) in [6, 6.07) is 12.2. The second kappa shape index (κ2) is 8.73. The largest absolute Gasteiger partial charge is 0.337 e. The van der Waals surface area contributed by atoms with Gasteiger partial charge in [-0.2, -0.15) is 4.31 Å². The summed E-state index contributed by atoms with van der Waals surface area (Å²) in [5.41, 5.74) is 0.359. The number of piperazine rings is 1. The first-order valence-corrected chi connectivity index (χ1v) is 10.6. The van der Waals surface area contributed by atoms with Crippen LogP contribution in [0.3, 0.4) is 0 Å². The van der Waals surface area contributed by atoms with Crippen LogP contribution in [0.1, 0.15) is 5.56 Å². The Morgan fingerprint density at radius 1 is 1.03 bits per heavy atom. The highest BCUT2D eigenvalue weighted by Crippen LogP contribution is 2.27. The molecule has 0 N–H and O–H groups in total. The van der Waals surface area contributed by atoms with Crippen molar-refractivity contribution in [2.45, 2.75) is 4.90 Å². The Balaban J connectivity index is 1.66. The van der Waals surface area contributed by atoms with Crippen molar-refractivity contribution in [1.82, 2.24) is 9.21 Å². The number of amides is 1. The smallest absolute Gasteiger partial charge is 0.289 e. The first kappa shape index (κ1) is 21.0. The molecule has 0 saturated carbocycles. The van der Waals surface area contributed by atoms with Gasteiger partial charge in [-0.05, 0) is 29.8 Å². The summed E-state index contributed by atoms with van der Waals surface area (Å²) in [4.78, 5) is 24.0. The zero-order valence-electron chi connectivity index (χ0n) is 15.3. The number of benzene rings is 2. The van der Waals surface area contributed by atoms with Crippen LogP contribution in [0.2, 0.25) is 5.02 Å². The predicted molar refractivity (Wildman–Crippen MR) is 109 cm³/mol. The Bertz CT molecular complexity index is 1050. The fourth-order valence-corrected chi connectivity index (χ4v) is 4.67. The van der Waals surface area contributed by atoms with E-state index >= 15 is 0 Å². The van der Waals surface area contributed by atoms with Crippen LogP contribution in [-0.2, 0) is 14.8 Å². The molecule has 1 amide bonds. The number of hydrogen-bond acceptors (Lipinski definition) is 5. The van der Waals surface area contributed by atoms with E-state index in [1.807, 2.05) is 0 Å². The SMILES string of the molecule is O=C(/C=C/c1ccc(Cl)cc1)N1CCN(S(=O)(=O)c2ccccc2[N+](=O)[O-])CC1. The van der Waals surface area contributed by atoms with Crippen LogP contribution < -0.4 is 0 Å². The monoisotopic (exact) mass is 435 g/mol. The van der Waals surface area contributed by atoms with Crippen molar-refractivity contribution in [1.29, 1.82) is 0 Å². The van der Waals surface area contributed by atoms with Gasteiger partial charge in [0.1, 0.15) is 0 Å². The quantitative estimate of drug-likeness (QED) is 0.408. The van der Waals surface area contributed by atoms with Crippen LogP contribution in [0.15, 0.2) is 59.5 Å². The minimum absolute atomic E-state index is 0.0644. The van der Waals surface area contributed by atoms with E-state index in [9.17, 15) is 23.3 Å². The fraction of sp³-hybridized carbons (Fsp3) is 0.211. The van der Waals surface area contributed by atoms with Gasteiger partial charge in [0.2, 0.25) is 15.9 Å². The van der Waals surface area contributed by atoms with Crippen molar-refractivity contribution in [2.75, 3.05) is 26.2 Å². The third-order valence-corrected chi connectivity index (χ3v) is 6.72. The molecule has 0 bridgehead atoms. The number of rotatable bonds is 5. The highest BCUT2D eigenvalue weighted by atomic mass is 35.5. The average molecular weight is 436 g/mol. The zero-order valence-corrected chi connectivity index (χ0v) is 16.8. The molecule has 152 valence electrons. The Kier molecular flexibility index (Phi) is 6.31. The lowest BCUT2D eigenvalue weighted by atomic mass is 10.2. The lowest BCUT2D eigenvalue weighted by molar-refractivity contribution is -0.387. The number of carbonyl (C=O) groups is 1. The molecule has 0 spiro atoms. The number of carbonyl (C=O) groups excluding carboxylic acids is 1. The van der Waals surface area contributed by atoms with Gasteiger partial charge in [-0.15, -0.1) is 0 Å². The van der Waals surface area contributed by atoms with E-state index in [2.05, 4.69) is 0 Å². The zero-order chi connectivity index (χ0) is 21.0. The van der Waals surface area contributed by atoms with Gasteiger partial charge < -0.3 is 4.90 Å². The number of para-hydroxylation sites is 1. The van der Waals surface area contributed by atoms with Crippen molar-refractivity contribution >= 4 is 39.3 Å². The molecule has 29 heavy (non-hydrogen) atoms. The molecule has 2 aromatic rings. The number of nitrogens with zero attached hydrogens (tertiary/aromatic N) is 3. The Morgan fingerprint density at radius 2 is 1.66 bits per heavy atom. The van der Waals surface area contributed by atoms with Crippen molar-refractivity contribution in [3.63, 3.8) is 0 Å². The summed E-state index contributed by atoms with van der Waals surface area (Å²) in [5, 5.41) is 11.8. The van der Waals surface area contributed by atoms with Crippen LogP contribution in [0.25, 0.3) is 6.08 Å². The molecule has 1 heterocycles. The Hall–Kier alpha value is -2.75. The number of hydrogen-bond donors (Lipinski definition) is 0. The Morgan fingerprint density at radius 3 is 2.28 bits per heavy atom. The van der Waals surface area contributed by atoms with Gasteiger partial charge in [-0.1, -0.05) is 35.9 Å². The minimum atomic E-state index is -4.02. The third kappa shape index (κ3) is 4.81. The molecule has 0 aromatic heterocycles. The number of halogens is 1. The maximum Gasteiger partial charge on any atom is 0.289 e. The highest BCUT2D eigenvalue weighted by Gasteiger charge is 2.34. The molecule has 1 fully saturated rings. The number of nitro groups is 1. The minimum Gasteiger partial charge on any atom is -0.337 e. The Labute approximate surface area is 173 Å². The van der Waals surface area contributed by atoms with Gasteiger partial charge in [-0.25, -0.2) is 8.42 Å². The third-order valence-electron chi connectivity index (χ3n) is 4.52. The lowest BCUT2D eigenvalue weighted by Gasteiger charge is -2.33. The van der Waals surface area contributed by atoms with Crippen molar-refractivity contribution < 1.29 is 18.1 Å². The molecule has 3 rings (SSSR count). The normalized spacial score (nSPS) is 15.6. The lowest BCUT2D eigenvalue weighted by Crippen LogP contribution is -2.50. The van der Waals surface area contributed by atoms with Crippen molar-refractivity contribution in [3.05, 3.63) is 75.3 Å². The van der Waals surface area contributed by atoms with Gasteiger partial charge in [-0.3, -0.25) is 14.9 Å². The van der Waals surface area contributed by atoms with Crippen LogP contribution in [0, 0.1) is 10.1 Å². The second-order valence-electron chi connectivity index (χ2n) is 6.34. The molecule has 1 saturated heterocycles. The van der Waals surface area contributed by atoms with E-state index < -0.39 is 20.6 Å². The molecule has 0 radical (unpaired) electrons. The molecule has 0 unspecified atom stereocenters. The molecule has 0 atom stereocenters. The fourth-order valence-electron chi connectivity index (χ4n) is 2.96. The first-order chi connectivity index (χ1) is 13.8. The van der Waals surface area contributed by atoms with E-state index in [0.717, 1.165) is 11.6 Å². The first-order valence-electron chi connectivity index (χ1n) is 8.75. The van der Waals surface area contributed by atoms with E-state index in [4.69, 9.17) is 11.6 Å². The topological polar surface area (TPSA) is 101 Å². The van der Waals surface area contributed by atoms with Gasteiger partial charge >= 0.3 is 0 Å². The molecular formula is C19H18ClN3O5S. The summed E-state index contributed by atoms with van der Waals surface area (Å²) < 4.78 is 26.8. The maximum atomic E-state index is 12.8. The molecule has 0 aliphatic carbocycles. The summed E-state index contributed by atoms with van der Waals surface area (Å²) in [5.74, 6) is -0.234. The molecular weight excluding hydrogens is 418 g/mol.